The van der Waals surface area contributed by atoms with Crippen LogP contribution in [0.2, 0.25) is 0 Å². The summed E-state index contributed by atoms with van der Waals surface area (Å²) in [7, 11) is -3.49. The Balaban J connectivity index is 1.51. The van der Waals surface area contributed by atoms with Crippen molar-refractivity contribution in [2.24, 2.45) is 5.92 Å². The maximum absolute atomic E-state index is 12.7. The third-order valence-corrected chi connectivity index (χ3v) is 6.93. The van der Waals surface area contributed by atoms with Gasteiger partial charge in [-0.05, 0) is 12.1 Å². The maximum Gasteiger partial charge on any atom is 0.273 e. The van der Waals surface area contributed by atoms with Crippen molar-refractivity contribution < 1.29 is 13.2 Å². The lowest BCUT2D eigenvalue weighted by Gasteiger charge is -2.43. The van der Waals surface area contributed by atoms with Crippen LogP contribution in [0.4, 0.5) is 0 Å². The third-order valence-electron chi connectivity index (χ3n) is 4.50. The van der Waals surface area contributed by atoms with Crippen molar-refractivity contribution in [3.63, 3.8) is 0 Å². The van der Waals surface area contributed by atoms with Gasteiger partial charge in [0.05, 0.1) is 16.4 Å². The van der Waals surface area contributed by atoms with Gasteiger partial charge in [0.1, 0.15) is 5.69 Å². The standard InChI is InChI=1S/C15H15N3O3S2/c19-15(13-9-22-10-16-13)18-7-11-6-17(8-14(11)18)23(20,21)12-4-2-1-3-5-12/h1-5,9-11,14H,6-8H2/t11-,14+/m0/s1. The van der Waals surface area contributed by atoms with Gasteiger partial charge in [-0.3, -0.25) is 4.79 Å². The van der Waals surface area contributed by atoms with E-state index in [1.54, 1.807) is 46.1 Å². The lowest BCUT2D eigenvalue weighted by Crippen LogP contribution is -2.58. The SMILES string of the molecule is O=C(c1cscn1)N1C[C@@H]2CN(S(=O)(=O)c3ccccc3)C[C@H]21. The molecule has 0 N–H and O–H groups in total. The zero-order valence-corrected chi connectivity index (χ0v) is 13.8. The molecule has 2 atom stereocenters. The summed E-state index contributed by atoms with van der Waals surface area (Å²) in [5, 5.41) is 1.73. The number of carbonyl (C=O) groups is 1. The Bertz CT molecular complexity index is 821. The van der Waals surface area contributed by atoms with Crippen LogP contribution in [0.5, 0.6) is 0 Å². The minimum absolute atomic E-state index is 0.0392. The smallest absolute Gasteiger partial charge is 0.273 e. The third kappa shape index (κ3) is 2.37. The van der Waals surface area contributed by atoms with Crippen molar-refractivity contribution >= 4 is 27.3 Å². The molecule has 1 aromatic carbocycles. The molecule has 0 radical (unpaired) electrons. The van der Waals surface area contributed by atoms with E-state index in [4.69, 9.17) is 0 Å². The van der Waals surface area contributed by atoms with Crippen LogP contribution in [-0.2, 0) is 10.0 Å². The van der Waals surface area contributed by atoms with Crippen LogP contribution in [0.1, 0.15) is 10.5 Å². The average molecular weight is 349 g/mol. The second kappa shape index (κ2) is 5.40. The number of likely N-dealkylation sites (tertiary alicyclic amines) is 1. The molecule has 2 saturated heterocycles. The van der Waals surface area contributed by atoms with Crippen LogP contribution in [0.3, 0.4) is 0 Å². The van der Waals surface area contributed by atoms with Gasteiger partial charge in [-0.15, -0.1) is 11.3 Å². The molecule has 2 aliphatic rings. The molecule has 1 aromatic heterocycles. The minimum atomic E-state index is -3.49. The fourth-order valence-corrected chi connectivity index (χ4v) is 5.30. The van der Waals surface area contributed by atoms with Crippen LogP contribution in [0, 0.1) is 5.92 Å². The molecule has 0 unspecified atom stereocenters. The van der Waals surface area contributed by atoms with E-state index >= 15 is 0 Å². The molecule has 3 heterocycles. The number of rotatable bonds is 3. The predicted octanol–water partition coefficient (Wildman–Crippen LogP) is 1.29. The first-order valence-corrected chi connectivity index (χ1v) is 9.70. The largest absolute Gasteiger partial charge is 0.332 e. The Hall–Kier alpha value is -1.77. The molecule has 0 bridgehead atoms. The van der Waals surface area contributed by atoms with E-state index < -0.39 is 10.0 Å². The molecule has 0 saturated carbocycles. The number of nitrogens with zero attached hydrogens (tertiary/aromatic N) is 3. The quantitative estimate of drug-likeness (QED) is 0.837. The van der Waals surface area contributed by atoms with Gasteiger partial charge in [0.25, 0.3) is 5.91 Å². The summed E-state index contributed by atoms with van der Waals surface area (Å²) < 4.78 is 26.8. The molecule has 2 aromatic rings. The minimum Gasteiger partial charge on any atom is -0.332 e. The normalized spacial score (nSPS) is 24.3. The summed E-state index contributed by atoms with van der Waals surface area (Å²) in [6, 6.07) is 8.40. The Labute approximate surface area is 138 Å². The fourth-order valence-electron chi connectivity index (χ4n) is 3.23. The summed E-state index contributed by atoms with van der Waals surface area (Å²) in [6.45, 7) is 1.43. The number of hydrogen-bond acceptors (Lipinski definition) is 5. The van der Waals surface area contributed by atoms with Crippen LogP contribution in [-0.4, -0.2) is 54.2 Å². The van der Waals surface area contributed by atoms with Crippen molar-refractivity contribution in [2.45, 2.75) is 10.9 Å². The molecule has 0 aliphatic carbocycles. The molecule has 2 aliphatic heterocycles. The number of aromatic nitrogens is 1. The fraction of sp³-hybridized carbons (Fsp3) is 0.333. The summed E-state index contributed by atoms with van der Waals surface area (Å²) >= 11 is 1.38. The van der Waals surface area contributed by atoms with Crippen molar-refractivity contribution in [3.8, 4) is 0 Å². The second-order valence-electron chi connectivity index (χ2n) is 5.79. The molecule has 2 fully saturated rings. The van der Waals surface area contributed by atoms with Crippen molar-refractivity contribution in [2.75, 3.05) is 19.6 Å². The van der Waals surface area contributed by atoms with Crippen molar-refractivity contribution in [3.05, 3.63) is 46.9 Å². The van der Waals surface area contributed by atoms with Gasteiger partial charge in [0, 0.05) is 30.9 Å². The van der Waals surface area contributed by atoms with E-state index in [0.29, 0.717) is 30.2 Å². The van der Waals surface area contributed by atoms with E-state index in [1.807, 2.05) is 0 Å². The lowest BCUT2D eigenvalue weighted by atomic mass is 9.92. The van der Waals surface area contributed by atoms with Crippen LogP contribution < -0.4 is 0 Å². The zero-order chi connectivity index (χ0) is 16.0. The predicted molar refractivity (Wildman–Crippen MR) is 85.6 cm³/mol. The summed E-state index contributed by atoms with van der Waals surface area (Å²) in [6.07, 6.45) is 0. The Kier molecular flexibility index (Phi) is 3.47. The summed E-state index contributed by atoms with van der Waals surface area (Å²) in [4.78, 5) is 18.4. The number of hydrogen-bond donors (Lipinski definition) is 0. The highest BCUT2D eigenvalue weighted by Gasteiger charge is 2.51. The van der Waals surface area contributed by atoms with Gasteiger partial charge in [-0.25, -0.2) is 13.4 Å². The molecule has 1 amide bonds. The van der Waals surface area contributed by atoms with Crippen LogP contribution >= 0.6 is 11.3 Å². The Morgan fingerprint density at radius 3 is 2.65 bits per heavy atom. The first-order valence-electron chi connectivity index (χ1n) is 7.32. The first-order chi connectivity index (χ1) is 11.1. The molecule has 120 valence electrons. The second-order valence-corrected chi connectivity index (χ2v) is 8.45. The number of thiazole rings is 1. The highest BCUT2D eigenvalue weighted by molar-refractivity contribution is 7.89. The van der Waals surface area contributed by atoms with E-state index in [0.717, 1.165) is 0 Å². The molecule has 23 heavy (non-hydrogen) atoms. The Morgan fingerprint density at radius 2 is 1.96 bits per heavy atom. The van der Waals surface area contributed by atoms with Gasteiger partial charge in [-0.2, -0.15) is 4.31 Å². The maximum atomic E-state index is 12.7. The number of benzene rings is 1. The zero-order valence-electron chi connectivity index (χ0n) is 12.2. The van der Waals surface area contributed by atoms with E-state index in [-0.39, 0.29) is 17.9 Å². The van der Waals surface area contributed by atoms with Crippen molar-refractivity contribution in [1.82, 2.24) is 14.2 Å². The van der Waals surface area contributed by atoms with Gasteiger partial charge in [0.15, 0.2) is 0 Å². The molecular weight excluding hydrogens is 334 g/mol. The molecule has 8 heteroatoms. The highest BCUT2D eigenvalue weighted by Crippen LogP contribution is 2.36. The van der Waals surface area contributed by atoms with E-state index in [1.165, 1.54) is 15.6 Å². The number of amides is 1. The highest BCUT2D eigenvalue weighted by atomic mass is 32.2. The number of fused-ring (bicyclic) bond motifs is 1. The Morgan fingerprint density at radius 1 is 1.17 bits per heavy atom. The topological polar surface area (TPSA) is 70.6 Å². The monoisotopic (exact) mass is 349 g/mol. The lowest BCUT2D eigenvalue weighted by molar-refractivity contribution is 0.0322. The van der Waals surface area contributed by atoms with Gasteiger partial charge >= 0.3 is 0 Å². The van der Waals surface area contributed by atoms with Gasteiger partial charge in [-0.1, -0.05) is 18.2 Å². The average Bonchev–Trinajstić information content (AvgIpc) is 3.17. The summed E-state index contributed by atoms with van der Waals surface area (Å²) in [5.41, 5.74) is 2.07. The van der Waals surface area contributed by atoms with Crippen LogP contribution in [0.25, 0.3) is 0 Å². The van der Waals surface area contributed by atoms with Gasteiger partial charge < -0.3 is 4.90 Å². The van der Waals surface area contributed by atoms with E-state index in [9.17, 15) is 13.2 Å². The molecule has 4 rings (SSSR count). The van der Waals surface area contributed by atoms with E-state index in [2.05, 4.69) is 4.98 Å². The molecule has 0 spiro atoms. The summed E-state index contributed by atoms with van der Waals surface area (Å²) in [5.74, 6) is 0.113. The van der Waals surface area contributed by atoms with Gasteiger partial charge in [0.2, 0.25) is 10.0 Å². The molecule has 6 nitrogen and oxygen atoms in total. The first kappa shape index (κ1) is 14.8. The van der Waals surface area contributed by atoms with Crippen molar-refractivity contribution in [1.29, 1.82) is 0 Å². The number of sulfonamides is 1. The number of carbonyl (C=O) groups excluding carboxylic acids is 1. The van der Waals surface area contributed by atoms with Crippen LogP contribution in [0.15, 0.2) is 46.1 Å². The molecular formula is C15H15N3O3S2.